The Hall–Kier alpha value is -0.280. The zero-order chi connectivity index (χ0) is 25.0. The third-order valence-electron chi connectivity index (χ3n) is 5.47. The summed E-state index contributed by atoms with van der Waals surface area (Å²) < 4.78 is 33.2. The fourth-order valence-corrected chi connectivity index (χ4v) is 3.43. The van der Waals surface area contributed by atoms with Gasteiger partial charge >= 0.3 is 0 Å². The van der Waals surface area contributed by atoms with E-state index in [0.29, 0.717) is 59.5 Å². The van der Waals surface area contributed by atoms with Crippen LogP contribution in [-0.4, -0.2) is 90.0 Å². The van der Waals surface area contributed by atoms with E-state index in [0.717, 1.165) is 13.0 Å². The minimum atomic E-state index is 0.0256. The van der Waals surface area contributed by atoms with Crippen LogP contribution in [0.4, 0.5) is 0 Å². The number of hydrogen-bond acceptors (Lipinski definition) is 7. The molecule has 7 nitrogen and oxygen atoms in total. The van der Waals surface area contributed by atoms with Crippen LogP contribution in [0.5, 0.6) is 0 Å². The van der Waals surface area contributed by atoms with Crippen molar-refractivity contribution in [1.29, 1.82) is 0 Å². The molecule has 0 fully saturated rings. The van der Waals surface area contributed by atoms with Gasteiger partial charge in [0, 0.05) is 6.61 Å². The van der Waals surface area contributed by atoms with Crippen molar-refractivity contribution in [3.05, 3.63) is 0 Å². The lowest BCUT2D eigenvalue weighted by Gasteiger charge is -2.18. The predicted octanol–water partition coefficient (Wildman–Crippen LogP) is 5.17. The maximum Gasteiger partial charge on any atom is 0.0781 e. The van der Waals surface area contributed by atoms with Gasteiger partial charge in [-0.15, -0.1) is 0 Å². The highest BCUT2D eigenvalue weighted by molar-refractivity contribution is 4.53. The summed E-state index contributed by atoms with van der Waals surface area (Å²) in [5, 5.41) is 8.58. The quantitative estimate of drug-likeness (QED) is 0.144. The molecule has 34 heavy (non-hydrogen) atoms. The van der Waals surface area contributed by atoms with Gasteiger partial charge < -0.3 is 33.5 Å². The van der Waals surface area contributed by atoms with Gasteiger partial charge in [0.2, 0.25) is 0 Å². The Labute approximate surface area is 210 Å². The third-order valence-corrected chi connectivity index (χ3v) is 5.47. The lowest BCUT2D eigenvalue weighted by Crippen LogP contribution is -2.24. The second kappa shape index (κ2) is 29.0. The molecule has 0 amide bonds. The van der Waals surface area contributed by atoms with Crippen LogP contribution in [0.3, 0.4) is 0 Å². The molecule has 0 aliphatic rings. The lowest BCUT2D eigenvalue weighted by molar-refractivity contribution is -0.0687. The Kier molecular flexibility index (Phi) is 28.7. The first-order chi connectivity index (χ1) is 16.7. The predicted molar refractivity (Wildman–Crippen MR) is 138 cm³/mol. The van der Waals surface area contributed by atoms with Gasteiger partial charge in [0.15, 0.2) is 0 Å². The number of aliphatic hydroxyl groups excluding tert-OH is 1. The fourth-order valence-electron chi connectivity index (χ4n) is 3.43. The molecule has 0 aromatic heterocycles. The average molecular weight is 493 g/mol. The summed E-state index contributed by atoms with van der Waals surface area (Å²) in [5.41, 5.74) is 0. The van der Waals surface area contributed by atoms with Crippen LogP contribution in [0.15, 0.2) is 0 Å². The van der Waals surface area contributed by atoms with Gasteiger partial charge in [-0.3, -0.25) is 0 Å². The van der Waals surface area contributed by atoms with Crippen LogP contribution in [0.25, 0.3) is 0 Å². The summed E-state index contributed by atoms with van der Waals surface area (Å²) in [6, 6.07) is 0. The minimum absolute atomic E-state index is 0.0256. The smallest absolute Gasteiger partial charge is 0.0781 e. The first-order valence-electron chi connectivity index (χ1n) is 13.9. The SMILES string of the molecule is CCCCCCCCCCCCCOCC(C)OCC(C)OCCOCCOCCOCCO. The van der Waals surface area contributed by atoms with E-state index in [1.54, 1.807) is 0 Å². The molecular formula is C27H56O7. The average Bonchev–Trinajstić information content (AvgIpc) is 2.84. The van der Waals surface area contributed by atoms with Gasteiger partial charge in [0.05, 0.1) is 78.3 Å². The molecule has 2 unspecified atom stereocenters. The molecule has 2 atom stereocenters. The molecule has 1 N–H and O–H groups in total. The van der Waals surface area contributed by atoms with E-state index in [4.69, 9.17) is 33.5 Å². The van der Waals surface area contributed by atoms with E-state index >= 15 is 0 Å². The molecule has 0 bridgehead atoms. The van der Waals surface area contributed by atoms with Crippen LogP contribution < -0.4 is 0 Å². The van der Waals surface area contributed by atoms with Crippen LogP contribution >= 0.6 is 0 Å². The van der Waals surface area contributed by atoms with Crippen molar-refractivity contribution in [2.24, 2.45) is 0 Å². The van der Waals surface area contributed by atoms with Gasteiger partial charge in [-0.05, 0) is 20.3 Å². The van der Waals surface area contributed by atoms with Crippen molar-refractivity contribution < 1.29 is 33.5 Å². The molecule has 0 spiro atoms. The third kappa shape index (κ3) is 28.0. The van der Waals surface area contributed by atoms with Crippen LogP contribution in [0.2, 0.25) is 0 Å². The van der Waals surface area contributed by atoms with E-state index in [9.17, 15) is 0 Å². The Morgan fingerprint density at radius 2 is 0.941 bits per heavy atom. The standard InChI is InChI=1S/C27H56O7/c1-4-5-6-7-8-9-10-11-12-13-14-16-32-24-26(2)34-25-27(3)33-23-22-31-21-20-30-19-18-29-17-15-28/h26-28H,4-25H2,1-3H3. The second-order valence-electron chi connectivity index (χ2n) is 9.00. The molecule has 0 aliphatic heterocycles. The van der Waals surface area contributed by atoms with Gasteiger partial charge in [0.1, 0.15) is 0 Å². The van der Waals surface area contributed by atoms with E-state index in [-0.39, 0.29) is 18.8 Å². The maximum absolute atomic E-state index is 8.58. The zero-order valence-electron chi connectivity index (χ0n) is 22.6. The molecule has 0 radical (unpaired) electrons. The monoisotopic (exact) mass is 492 g/mol. The maximum atomic E-state index is 8.58. The van der Waals surface area contributed by atoms with E-state index in [2.05, 4.69) is 6.92 Å². The molecule has 0 saturated heterocycles. The largest absolute Gasteiger partial charge is 0.394 e. The number of unbranched alkanes of at least 4 members (excludes halogenated alkanes) is 10. The summed E-state index contributed by atoms with van der Waals surface area (Å²) in [5.74, 6) is 0. The van der Waals surface area contributed by atoms with Crippen molar-refractivity contribution >= 4 is 0 Å². The highest BCUT2D eigenvalue weighted by atomic mass is 16.6. The molecule has 7 heteroatoms. The first kappa shape index (κ1) is 33.7. The van der Waals surface area contributed by atoms with E-state index in [1.807, 2.05) is 13.8 Å². The highest BCUT2D eigenvalue weighted by Crippen LogP contribution is 2.11. The van der Waals surface area contributed by atoms with Crippen LogP contribution in [0.1, 0.15) is 91.4 Å². The van der Waals surface area contributed by atoms with Gasteiger partial charge in [-0.25, -0.2) is 0 Å². The van der Waals surface area contributed by atoms with E-state index in [1.165, 1.54) is 64.2 Å². The number of ether oxygens (including phenoxy) is 6. The summed E-state index contributed by atoms with van der Waals surface area (Å²) in [6.45, 7) is 11.9. The van der Waals surface area contributed by atoms with Crippen molar-refractivity contribution in [1.82, 2.24) is 0 Å². The number of rotatable bonds is 29. The summed E-state index contributed by atoms with van der Waals surface area (Å²) in [4.78, 5) is 0. The van der Waals surface area contributed by atoms with Crippen LogP contribution in [-0.2, 0) is 28.4 Å². The molecule has 0 saturated carbocycles. The number of aliphatic hydroxyl groups is 1. The summed E-state index contributed by atoms with van der Waals surface area (Å²) in [6.07, 6.45) is 15.0. The Morgan fingerprint density at radius 3 is 1.50 bits per heavy atom. The van der Waals surface area contributed by atoms with Crippen molar-refractivity contribution in [3.8, 4) is 0 Å². The van der Waals surface area contributed by atoms with Gasteiger partial charge in [0.25, 0.3) is 0 Å². The molecule has 206 valence electrons. The Morgan fingerprint density at radius 1 is 0.471 bits per heavy atom. The van der Waals surface area contributed by atoms with Gasteiger partial charge in [-0.1, -0.05) is 71.1 Å². The van der Waals surface area contributed by atoms with Gasteiger partial charge in [-0.2, -0.15) is 0 Å². The molecule has 0 aromatic carbocycles. The topological polar surface area (TPSA) is 75.6 Å². The normalized spacial score (nSPS) is 13.4. The Balaban J connectivity index is 3.27. The molecule has 0 heterocycles. The summed E-state index contributed by atoms with van der Waals surface area (Å²) in [7, 11) is 0. The van der Waals surface area contributed by atoms with Crippen molar-refractivity contribution in [3.63, 3.8) is 0 Å². The molecular weight excluding hydrogens is 436 g/mol. The molecule has 0 aromatic rings. The van der Waals surface area contributed by atoms with Crippen molar-refractivity contribution in [2.45, 2.75) is 104 Å². The van der Waals surface area contributed by atoms with E-state index < -0.39 is 0 Å². The summed E-state index contributed by atoms with van der Waals surface area (Å²) >= 11 is 0. The minimum Gasteiger partial charge on any atom is -0.394 e. The second-order valence-corrected chi connectivity index (χ2v) is 9.00. The lowest BCUT2D eigenvalue weighted by atomic mass is 10.1. The Bertz CT molecular complexity index is 371. The zero-order valence-corrected chi connectivity index (χ0v) is 22.6. The molecule has 0 rings (SSSR count). The highest BCUT2D eigenvalue weighted by Gasteiger charge is 2.07. The fraction of sp³-hybridized carbons (Fsp3) is 1.00. The first-order valence-corrected chi connectivity index (χ1v) is 13.9. The van der Waals surface area contributed by atoms with Crippen molar-refractivity contribution in [2.75, 3.05) is 72.7 Å². The molecule has 0 aliphatic carbocycles. The van der Waals surface area contributed by atoms with Crippen LogP contribution in [0, 0.1) is 0 Å². The number of hydrogen-bond donors (Lipinski definition) is 1.